The van der Waals surface area contributed by atoms with Gasteiger partial charge in [-0.25, -0.2) is 4.79 Å². The van der Waals surface area contributed by atoms with E-state index < -0.39 is 5.97 Å². The number of benzene rings is 1. The summed E-state index contributed by atoms with van der Waals surface area (Å²) >= 11 is 0. The topological polar surface area (TPSA) is 66.8 Å². The van der Waals surface area contributed by atoms with E-state index in [0.717, 1.165) is 5.56 Å². The van der Waals surface area contributed by atoms with Gasteiger partial charge in [-0.15, -0.1) is 0 Å². The van der Waals surface area contributed by atoms with Crippen molar-refractivity contribution in [1.82, 2.24) is 4.90 Å². The van der Waals surface area contributed by atoms with E-state index in [1.807, 2.05) is 18.7 Å². The third kappa shape index (κ3) is 3.36. The normalized spacial score (nSPS) is 22.6. The molecule has 1 amide bonds. The number of hydrogen-bond donors (Lipinski definition) is 1. The summed E-state index contributed by atoms with van der Waals surface area (Å²) in [6, 6.07) is 6.51. The first kappa shape index (κ1) is 14.5. The van der Waals surface area contributed by atoms with Crippen LogP contribution in [-0.2, 0) is 16.0 Å². The van der Waals surface area contributed by atoms with Gasteiger partial charge in [0.2, 0.25) is 5.91 Å². The molecule has 2 atom stereocenters. The van der Waals surface area contributed by atoms with E-state index in [-0.39, 0.29) is 30.0 Å². The molecular weight excluding hydrogens is 258 g/mol. The van der Waals surface area contributed by atoms with Crippen LogP contribution in [0.5, 0.6) is 0 Å². The van der Waals surface area contributed by atoms with Crippen LogP contribution < -0.4 is 0 Å². The van der Waals surface area contributed by atoms with Gasteiger partial charge in [-0.05, 0) is 31.5 Å². The monoisotopic (exact) mass is 277 g/mol. The molecule has 0 aromatic heterocycles. The molecule has 1 aliphatic rings. The summed E-state index contributed by atoms with van der Waals surface area (Å²) in [4.78, 5) is 24.9. The van der Waals surface area contributed by atoms with Gasteiger partial charge in [0.15, 0.2) is 0 Å². The van der Waals surface area contributed by atoms with Gasteiger partial charge in [0.25, 0.3) is 0 Å². The maximum Gasteiger partial charge on any atom is 0.335 e. The molecule has 0 radical (unpaired) electrons. The van der Waals surface area contributed by atoms with Crippen LogP contribution in [0.15, 0.2) is 24.3 Å². The fraction of sp³-hybridized carbons (Fsp3) is 0.467. The maximum absolute atomic E-state index is 12.3. The molecule has 0 saturated carbocycles. The van der Waals surface area contributed by atoms with Crippen molar-refractivity contribution < 1.29 is 19.4 Å². The third-order valence-corrected chi connectivity index (χ3v) is 3.48. The summed E-state index contributed by atoms with van der Waals surface area (Å²) in [5.74, 6) is -0.908. The molecule has 0 bridgehead atoms. The quantitative estimate of drug-likeness (QED) is 0.910. The highest BCUT2D eigenvalue weighted by Crippen LogP contribution is 2.14. The molecule has 1 aromatic carbocycles. The summed E-state index contributed by atoms with van der Waals surface area (Å²) in [6.07, 6.45) is 0.348. The first-order chi connectivity index (χ1) is 9.47. The smallest absolute Gasteiger partial charge is 0.335 e. The van der Waals surface area contributed by atoms with Crippen LogP contribution in [0, 0.1) is 0 Å². The summed E-state index contributed by atoms with van der Waals surface area (Å²) in [5, 5.41) is 8.84. The zero-order valence-electron chi connectivity index (χ0n) is 11.7. The van der Waals surface area contributed by atoms with Gasteiger partial charge in [0.05, 0.1) is 30.7 Å². The molecule has 1 heterocycles. The second-order valence-electron chi connectivity index (χ2n) is 5.22. The molecule has 1 N–H and O–H groups in total. The van der Waals surface area contributed by atoms with Crippen molar-refractivity contribution in [1.29, 1.82) is 0 Å². The zero-order chi connectivity index (χ0) is 14.7. The second kappa shape index (κ2) is 6.05. The minimum absolute atomic E-state index is 0.0516. The molecule has 0 aliphatic carbocycles. The molecule has 20 heavy (non-hydrogen) atoms. The van der Waals surface area contributed by atoms with E-state index in [9.17, 15) is 9.59 Å². The highest BCUT2D eigenvalue weighted by Gasteiger charge is 2.27. The van der Waals surface area contributed by atoms with Crippen molar-refractivity contribution >= 4 is 11.9 Å². The number of rotatable bonds is 3. The summed E-state index contributed by atoms with van der Waals surface area (Å²) in [5.41, 5.74) is 1.06. The van der Waals surface area contributed by atoms with Gasteiger partial charge in [-0.1, -0.05) is 12.1 Å². The molecule has 1 fully saturated rings. The predicted molar refractivity (Wildman–Crippen MR) is 73.7 cm³/mol. The molecule has 1 saturated heterocycles. The van der Waals surface area contributed by atoms with E-state index in [1.165, 1.54) is 12.1 Å². The summed E-state index contributed by atoms with van der Waals surface area (Å²) in [6.45, 7) is 5.09. The number of hydrogen-bond acceptors (Lipinski definition) is 3. The Kier molecular flexibility index (Phi) is 4.39. The van der Waals surface area contributed by atoms with Crippen molar-refractivity contribution in [2.75, 3.05) is 13.2 Å². The van der Waals surface area contributed by atoms with E-state index >= 15 is 0 Å². The fourth-order valence-electron chi connectivity index (χ4n) is 2.29. The molecule has 5 heteroatoms. The predicted octanol–water partition coefficient (Wildman–Crippen LogP) is 1.56. The van der Waals surface area contributed by atoms with Gasteiger partial charge in [0.1, 0.15) is 0 Å². The number of aromatic carboxylic acids is 1. The number of carbonyl (C=O) groups excluding carboxylic acids is 1. The van der Waals surface area contributed by atoms with Gasteiger partial charge < -0.3 is 14.7 Å². The summed E-state index contributed by atoms with van der Waals surface area (Å²) in [7, 11) is 0. The second-order valence-corrected chi connectivity index (χ2v) is 5.22. The average Bonchev–Trinajstić information content (AvgIpc) is 2.42. The number of carbonyl (C=O) groups is 2. The number of carboxylic acids is 1. The van der Waals surface area contributed by atoms with Crippen LogP contribution in [-0.4, -0.2) is 47.2 Å². The largest absolute Gasteiger partial charge is 0.478 e. The molecule has 108 valence electrons. The molecule has 2 rings (SSSR count). The van der Waals surface area contributed by atoms with Crippen LogP contribution in [0.2, 0.25) is 0 Å². The van der Waals surface area contributed by atoms with Crippen LogP contribution in [0.1, 0.15) is 29.8 Å². The zero-order valence-corrected chi connectivity index (χ0v) is 11.7. The van der Waals surface area contributed by atoms with Crippen LogP contribution in [0.25, 0.3) is 0 Å². The van der Waals surface area contributed by atoms with Crippen LogP contribution in [0.3, 0.4) is 0 Å². The van der Waals surface area contributed by atoms with E-state index in [4.69, 9.17) is 9.84 Å². The van der Waals surface area contributed by atoms with Gasteiger partial charge in [-0.3, -0.25) is 4.79 Å². The molecule has 0 unspecified atom stereocenters. The van der Waals surface area contributed by atoms with E-state index in [0.29, 0.717) is 13.2 Å². The number of carboxylic acid groups (broad SMARTS) is 1. The Balaban J connectivity index is 2.01. The van der Waals surface area contributed by atoms with Gasteiger partial charge in [-0.2, -0.15) is 0 Å². The Morgan fingerprint density at radius 2 is 1.95 bits per heavy atom. The lowest BCUT2D eigenvalue weighted by molar-refractivity contribution is -0.142. The lowest BCUT2D eigenvalue weighted by Crippen LogP contribution is -2.50. The number of morpholine rings is 1. The fourth-order valence-corrected chi connectivity index (χ4v) is 2.29. The molecule has 1 aliphatic heterocycles. The third-order valence-electron chi connectivity index (χ3n) is 3.48. The van der Waals surface area contributed by atoms with Crippen molar-refractivity contribution in [3.8, 4) is 0 Å². The SMILES string of the molecule is C[C@@H]1CO[C@@H](C)CN1C(=O)Cc1ccc(C(=O)O)cc1. The lowest BCUT2D eigenvalue weighted by Gasteiger charge is -2.36. The molecular formula is C15H19NO4. The average molecular weight is 277 g/mol. The van der Waals surface area contributed by atoms with Crippen molar-refractivity contribution in [3.63, 3.8) is 0 Å². The van der Waals surface area contributed by atoms with Crippen LogP contribution in [0.4, 0.5) is 0 Å². The standard InChI is InChI=1S/C15H19NO4/c1-10-9-20-11(2)8-16(10)14(17)7-12-3-5-13(6-4-12)15(18)19/h3-6,10-11H,7-9H2,1-2H3,(H,18,19)/t10-,11+/m1/s1. The first-order valence-electron chi connectivity index (χ1n) is 6.70. The maximum atomic E-state index is 12.3. The van der Waals surface area contributed by atoms with Gasteiger partial charge >= 0.3 is 5.97 Å². The molecule has 5 nitrogen and oxygen atoms in total. The number of ether oxygens (including phenoxy) is 1. The summed E-state index contributed by atoms with van der Waals surface area (Å²) < 4.78 is 5.50. The molecule has 1 aromatic rings. The Hall–Kier alpha value is -1.88. The van der Waals surface area contributed by atoms with Gasteiger partial charge in [0, 0.05) is 6.54 Å². The van der Waals surface area contributed by atoms with Crippen molar-refractivity contribution in [3.05, 3.63) is 35.4 Å². The minimum atomic E-state index is -0.960. The Morgan fingerprint density at radius 1 is 1.30 bits per heavy atom. The van der Waals surface area contributed by atoms with Crippen molar-refractivity contribution in [2.24, 2.45) is 0 Å². The minimum Gasteiger partial charge on any atom is -0.478 e. The Labute approximate surface area is 118 Å². The van der Waals surface area contributed by atoms with Crippen molar-refractivity contribution in [2.45, 2.75) is 32.4 Å². The number of amides is 1. The lowest BCUT2D eigenvalue weighted by atomic mass is 10.1. The molecule has 0 spiro atoms. The highest BCUT2D eigenvalue weighted by atomic mass is 16.5. The van der Waals surface area contributed by atoms with Crippen LogP contribution >= 0.6 is 0 Å². The first-order valence-corrected chi connectivity index (χ1v) is 6.70. The number of nitrogens with zero attached hydrogens (tertiary/aromatic N) is 1. The Morgan fingerprint density at radius 3 is 2.55 bits per heavy atom. The Bertz CT molecular complexity index is 497. The van der Waals surface area contributed by atoms with E-state index in [1.54, 1.807) is 12.1 Å². The van der Waals surface area contributed by atoms with E-state index in [2.05, 4.69) is 0 Å². The highest BCUT2D eigenvalue weighted by molar-refractivity contribution is 5.87.